The molecule has 0 unspecified atom stereocenters. The number of nitrogens with zero attached hydrogens (tertiary/aromatic N) is 4. The molecule has 2 aliphatic heterocycles. The molecule has 2 N–H and O–H groups in total. The Morgan fingerprint density at radius 3 is 2.68 bits per heavy atom. The van der Waals surface area contributed by atoms with Crippen LogP contribution in [-0.2, 0) is 24.8 Å². The van der Waals surface area contributed by atoms with Crippen molar-refractivity contribution >= 4 is 5.91 Å². The topological polar surface area (TPSA) is 92.4 Å². The molecule has 1 fully saturated rings. The van der Waals surface area contributed by atoms with Gasteiger partial charge < -0.3 is 19.6 Å². The average molecular weight is 462 g/mol. The van der Waals surface area contributed by atoms with Gasteiger partial charge in [-0.3, -0.25) is 14.5 Å². The zero-order valence-corrected chi connectivity index (χ0v) is 19.6. The molecule has 0 saturated carbocycles. The van der Waals surface area contributed by atoms with Gasteiger partial charge in [-0.25, -0.2) is 4.98 Å². The molecule has 4 heterocycles. The van der Waals surface area contributed by atoms with Crippen LogP contribution in [0.1, 0.15) is 24.4 Å². The molecule has 0 aliphatic carbocycles. The van der Waals surface area contributed by atoms with E-state index in [0.717, 1.165) is 17.0 Å². The van der Waals surface area contributed by atoms with Crippen molar-refractivity contribution in [2.45, 2.75) is 32.0 Å². The number of aryl methyl sites for hydroxylation is 1. The number of amides is 1. The highest BCUT2D eigenvalue weighted by atomic mass is 16.3. The number of hydrogen-bond acceptors (Lipinski definition) is 5. The minimum absolute atomic E-state index is 0.00946. The van der Waals surface area contributed by atoms with Crippen LogP contribution in [0.3, 0.4) is 0 Å². The van der Waals surface area contributed by atoms with E-state index < -0.39 is 6.04 Å². The fourth-order valence-electron chi connectivity index (χ4n) is 5.83. The maximum atomic E-state index is 13.4. The number of aromatic nitrogens is 3. The van der Waals surface area contributed by atoms with E-state index in [1.54, 1.807) is 6.33 Å². The van der Waals surface area contributed by atoms with Gasteiger partial charge in [0.05, 0.1) is 24.1 Å². The second-order valence-electron chi connectivity index (χ2n) is 9.26. The van der Waals surface area contributed by atoms with Crippen LogP contribution in [-0.4, -0.2) is 55.8 Å². The first-order valence-corrected chi connectivity index (χ1v) is 11.9. The first kappa shape index (κ1) is 22.6. The van der Waals surface area contributed by atoms with Crippen molar-refractivity contribution in [1.29, 1.82) is 0 Å². The minimum atomic E-state index is -0.425. The third kappa shape index (κ3) is 3.76. The van der Waals surface area contributed by atoms with Gasteiger partial charge >= 0.3 is 0 Å². The second kappa shape index (κ2) is 9.19. The van der Waals surface area contributed by atoms with Gasteiger partial charge in [0, 0.05) is 62.5 Å². The Kier molecular flexibility index (Phi) is 6.10. The van der Waals surface area contributed by atoms with Gasteiger partial charge in [-0.15, -0.1) is 0 Å². The summed E-state index contributed by atoms with van der Waals surface area (Å²) in [6, 6.07) is 13.1. The molecule has 2 aliphatic rings. The van der Waals surface area contributed by atoms with Gasteiger partial charge in [0.1, 0.15) is 0 Å². The SMILES string of the molecule is CCN1[C@H](C(=O)NCCc2cn(C)cn2)[C@@H](CO)[C@@H]2Cn3c(ccc(-c4ccccc4)c3=O)[C@@H]21. The molecule has 0 bridgehead atoms. The first-order chi connectivity index (χ1) is 16.5. The number of pyridine rings is 1. The smallest absolute Gasteiger partial charge is 0.258 e. The summed E-state index contributed by atoms with van der Waals surface area (Å²) in [7, 11) is 1.92. The lowest BCUT2D eigenvalue weighted by Crippen LogP contribution is -2.48. The summed E-state index contributed by atoms with van der Waals surface area (Å²) in [5.74, 6) is -0.296. The molecular weight excluding hydrogens is 430 g/mol. The van der Waals surface area contributed by atoms with Crippen LogP contribution >= 0.6 is 0 Å². The fraction of sp³-hybridized carbons (Fsp3) is 0.423. The Balaban J connectivity index is 1.39. The third-order valence-electron chi connectivity index (χ3n) is 7.35. The molecule has 1 amide bonds. The van der Waals surface area contributed by atoms with E-state index >= 15 is 0 Å². The molecule has 1 aromatic carbocycles. The molecule has 1 saturated heterocycles. The van der Waals surface area contributed by atoms with E-state index in [2.05, 4.69) is 15.2 Å². The van der Waals surface area contributed by atoms with Crippen molar-refractivity contribution in [2.24, 2.45) is 18.9 Å². The molecule has 8 nitrogen and oxygen atoms in total. The van der Waals surface area contributed by atoms with Crippen LogP contribution in [0.4, 0.5) is 0 Å². The fourth-order valence-corrected chi connectivity index (χ4v) is 5.83. The first-order valence-electron chi connectivity index (χ1n) is 11.9. The summed E-state index contributed by atoms with van der Waals surface area (Å²) in [6.07, 6.45) is 4.35. The number of carbonyl (C=O) groups is 1. The predicted octanol–water partition coefficient (Wildman–Crippen LogP) is 1.59. The van der Waals surface area contributed by atoms with E-state index in [1.807, 2.05) is 71.8 Å². The van der Waals surface area contributed by atoms with Crippen LogP contribution in [0.5, 0.6) is 0 Å². The number of nitrogens with one attached hydrogen (secondary N) is 1. The summed E-state index contributed by atoms with van der Waals surface area (Å²) >= 11 is 0. The van der Waals surface area contributed by atoms with Crippen LogP contribution in [0.25, 0.3) is 11.1 Å². The quantitative estimate of drug-likeness (QED) is 0.558. The second-order valence-corrected chi connectivity index (χ2v) is 9.26. The number of hydrogen-bond donors (Lipinski definition) is 2. The summed E-state index contributed by atoms with van der Waals surface area (Å²) in [5, 5.41) is 13.4. The Morgan fingerprint density at radius 2 is 2.00 bits per heavy atom. The van der Waals surface area contributed by atoms with Crippen molar-refractivity contribution in [3.8, 4) is 11.1 Å². The predicted molar refractivity (Wildman–Crippen MR) is 129 cm³/mol. The molecule has 2 aromatic heterocycles. The minimum Gasteiger partial charge on any atom is -0.396 e. The summed E-state index contributed by atoms with van der Waals surface area (Å²) in [5.41, 5.74) is 3.42. The molecule has 5 rings (SSSR count). The normalized spacial score (nSPS) is 23.6. The van der Waals surface area contributed by atoms with Crippen molar-refractivity contribution in [1.82, 2.24) is 24.3 Å². The number of carbonyl (C=O) groups excluding carboxylic acids is 1. The van der Waals surface area contributed by atoms with E-state index in [4.69, 9.17) is 0 Å². The number of aliphatic hydroxyl groups is 1. The Hall–Kier alpha value is -3.23. The largest absolute Gasteiger partial charge is 0.396 e. The Labute approximate surface area is 198 Å². The number of likely N-dealkylation sites (N-methyl/N-ethyl adjacent to an activating group) is 1. The van der Waals surface area contributed by atoms with E-state index in [9.17, 15) is 14.7 Å². The highest BCUT2D eigenvalue weighted by Crippen LogP contribution is 2.49. The van der Waals surface area contributed by atoms with Gasteiger partial charge in [-0.2, -0.15) is 0 Å². The van der Waals surface area contributed by atoms with Crippen molar-refractivity contribution in [3.63, 3.8) is 0 Å². The van der Waals surface area contributed by atoms with Gasteiger partial charge in [-0.05, 0) is 24.2 Å². The van der Waals surface area contributed by atoms with Crippen molar-refractivity contribution in [3.05, 3.63) is 76.7 Å². The van der Waals surface area contributed by atoms with E-state index in [1.165, 1.54) is 0 Å². The van der Waals surface area contributed by atoms with E-state index in [0.29, 0.717) is 31.6 Å². The average Bonchev–Trinajstić information content (AvgIpc) is 3.52. The molecule has 178 valence electrons. The lowest BCUT2D eigenvalue weighted by Gasteiger charge is -2.29. The summed E-state index contributed by atoms with van der Waals surface area (Å²) in [6.45, 7) is 3.60. The number of imidazole rings is 1. The molecular formula is C26H31N5O3. The molecule has 3 aromatic rings. The van der Waals surface area contributed by atoms with Crippen LogP contribution < -0.4 is 10.9 Å². The molecule has 34 heavy (non-hydrogen) atoms. The van der Waals surface area contributed by atoms with Crippen LogP contribution in [0, 0.1) is 11.8 Å². The maximum Gasteiger partial charge on any atom is 0.258 e. The van der Waals surface area contributed by atoms with Gasteiger partial charge in [-0.1, -0.05) is 37.3 Å². The standard InChI is InChI=1S/C26H31N5O3/c1-3-30-23-20(14-31-22(23)10-9-19(26(31)34)17-7-5-4-6-8-17)21(15-32)24(30)25(33)27-12-11-18-13-29(2)16-28-18/h4-10,13,16,20-21,23-24,32H,3,11-12,14-15H2,1-2H3,(H,27,33)/t20-,21-,23+,24-/m0/s1. The van der Waals surface area contributed by atoms with Crippen molar-refractivity contribution < 1.29 is 9.90 Å². The number of rotatable bonds is 7. The van der Waals surface area contributed by atoms with Crippen LogP contribution in [0.15, 0.2) is 59.8 Å². The lowest BCUT2D eigenvalue weighted by molar-refractivity contribution is -0.127. The number of likely N-dealkylation sites (tertiary alicyclic amines) is 1. The highest BCUT2D eigenvalue weighted by Gasteiger charge is 2.54. The number of aliphatic hydroxyl groups excluding tert-OH is 1. The zero-order chi connectivity index (χ0) is 23.8. The molecule has 4 atom stereocenters. The van der Waals surface area contributed by atoms with Gasteiger partial charge in [0.2, 0.25) is 5.91 Å². The highest BCUT2D eigenvalue weighted by molar-refractivity contribution is 5.82. The number of benzene rings is 1. The molecule has 0 spiro atoms. The zero-order valence-electron chi connectivity index (χ0n) is 19.6. The van der Waals surface area contributed by atoms with E-state index in [-0.39, 0.29) is 36.0 Å². The van der Waals surface area contributed by atoms with Gasteiger partial charge in [0.25, 0.3) is 5.56 Å². The summed E-state index contributed by atoms with van der Waals surface area (Å²) in [4.78, 5) is 33.1. The Bertz CT molecular complexity index is 1230. The summed E-state index contributed by atoms with van der Waals surface area (Å²) < 4.78 is 3.73. The lowest BCUT2D eigenvalue weighted by atomic mass is 9.88. The number of fused-ring (bicyclic) bond motifs is 3. The van der Waals surface area contributed by atoms with Crippen molar-refractivity contribution in [2.75, 3.05) is 19.7 Å². The Morgan fingerprint density at radius 1 is 1.21 bits per heavy atom. The molecule has 0 radical (unpaired) electrons. The molecule has 8 heteroatoms. The van der Waals surface area contributed by atoms with Gasteiger partial charge in [0.15, 0.2) is 0 Å². The monoisotopic (exact) mass is 461 g/mol. The van der Waals surface area contributed by atoms with Crippen LogP contribution in [0.2, 0.25) is 0 Å². The maximum absolute atomic E-state index is 13.4. The third-order valence-corrected chi connectivity index (χ3v) is 7.35.